The molecule has 2 atom stereocenters. The van der Waals surface area contributed by atoms with Crippen LogP contribution in [0.1, 0.15) is 24.3 Å². The zero-order valence-corrected chi connectivity index (χ0v) is 8.98. The Morgan fingerprint density at radius 1 is 1.57 bits per heavy atom. The van der Waals surface area contributed by atoms with E-state index in [9.17, 15) is 4.39 Å². The Morgan fingerprint density at radius 2 is 2.43 bits per heavy atom. The predicted octanol–water partition coefficient (Wildman–Crippen LogP) is 2.94. The zero-order valence-electron chi connectivity index (χ0n) is 8.16. The molecule has 1 aromatic rings. The van der Waals surface area contributed by atoms with Crippen LogP contribution in [0.5, 0.6) is 0 Å². The van der Waals surface area contributed by atoms with Gasteiger partial charge in [-0.3, -0.25) is 5.32 Å². The largest absolute Gasteiger partial charge is 0.298 e. The Labute approximate surface area is 88.1 Å². The second kappa shape index (κ2) is 4.32. The second-order valence-corrected chi connectivity index (χ2v) is 4.68. The second-order valence-electron chi connectivity index (χ2n) is 3.54. The van der Waals surface area contributed by atoms with Crippen LogP contribution in [0.3, 0.4) is 0 Å². The van der Waals surface area contributed by atoms with Crippen LogP contribution >= 0.6 is 11.8 Å². The van der Waals surface area contributed by atoms with Gasteiger partial charge in [0.15, 0.2) is 0 Å². The maximum Gasteiger partial charge on any atom is 0.123 e. The molecule has 1 fully saturated rings. The zero-order chi connectivity index (χ0) is 9.97. The molecule has 1 aliphatic rings. The first kappa shape index (κ1) is 9.99. The summed E-state index contributed by atoms with van der Waals surface area (Å²) in [4.78, 5) is 0. The van der Waals surface area contributed by atoms with Crippen LogP contribution in [-0.2, 0) is 0 Å². The monoisotopic (exact) mass is 211 g/mol. The molecule has 1 saturated heterocycles. The molecule has 0 aromatic heterocycles. The maximum atomic E-state index is 13.0. The van der Waals surface area contributed by atoms with Crippen molar-refractivity contribution >= 4 is 11.8 Å². The summed E-state index contributed by atoms with van der Waals surface area (Å²) >= 11 is 1.86. The predicted molar refractivity (Wildman–Crippen MR) is 58.8 cm³/mol. The van der Waals surface area contributed by atoms with Crippen LogP contribution in [0.2, 0.25) is 0 Å². The highest BCUT2D eigenvalue weighted by Crippen LogP contribution is 2.33. The molecule has 1 aliphatic heterocycles. The standard InChI is InChI=1S/C11H14FNS/c1-2-10-7-14-11(13-10)8-4-3-5-9(12)6-8/h3-6,10-11,13H,2,7H2,1H3. The Morgan fingerprint density at radius 3 is 3.07 bits per heavy atom. The van der Waals surface area contributed by atoms with Gasteiger partial charge in [0.1, 0.15) is 5.82 Å². The summed E-state index contributed by atoms with van der Waals surface area (Å²) in [6.45, 7) is 2.17. The van der Waals surface area contributed by atoms with Crippen LogP contribution in [0.4, 0.5) is 4.39 Å². The van der Waals surface area contributed by atoms with Crippen molar-refractivity contribution in [1.82, 2.24) is 5.32 Å². The van der Waals surface area contributed by atoms with Gasteiger partial charge in [-0.05, 0) is 24.1 Å². The summed E-state index contributed by atoms with van der Waals surface area (Å²) in [6, 6.07) is 7.43. The van der Waals surface area contributed by atoms with Crippen molar-refractivity contribution in [2.24, 2.45) is 0 Å². The molecule has 1 nitrogen and oxygen atoms in total. The molecule has 0 amide bonds. The summed E-state index contributed by atoms with van der Waals surface area (Å²) in [7, 11) is 0. The summed E-state index contributed by atoms with van der Waals surface area (Å²) in [5.74, 6) is 0.974. The molecule has 76 valence electrons. The van der Waals surface area contributed by atoms with E-state index in [1.165, 1.54) is 6.07 Å². The Bertz CT molecular complexity index is 316. The molecule has 0 bridgehead atoms. The molecule has 0 spiro atoms. The van der Waals surface area contributed by atoms with Gasteiger partial charge in [-0.2, -0.15) is 0 Å². The normalized spacial score (nSPS) is 26.7. The van der Waals surface area contributed by atoms with E-state index in [0.29, 0.717) is 6.04 Å². The van der Waals surface area contributed by atoms with Crippen molar-refractivity contribution in [3.8, 4) is 0 Å². The van der Waals surface area contributed by atoms with Crippen LogP contribution in [0.15, 0.2) is 24.3 Å². The highest BCUT2D eigenvalue weighted by atomic mass is 32.2. The molecule has 0 saturated carbocycles. The topological polar surface area (TPSA) is 12.0 Å². The Hall–Kier alpha value is -0.540. The lowest BCUT2D eigenvalue weighted by Gasteiger charge is -2.11. The number of rotatable bonds is 2. The number of thioether (sulfide) groups is 1. The van der Waals surface area contributed by atoms with E-state index in [2.05, 4.69) is 12.2 Å². The van der Waals surface area contributed by atoms with Crippen LogP contribution < -0.4 is 5.32 Å². The fourth-order valence-electron chi connectivity index (χ4n) is 1.62. The third-order valence-electron chi connectivity index (χ3n) is 2.50. The van der Waals surface area contributed by atoms with Gasteiger partial charge in [-0.25, -0.2) is 4.39 Å². The van der Waals surface area contributed by atoms with Gasteiger partial charge >= 0.3 is 0 Å². The first-order valence-corrected chi connectivity index (χ1v) is 5.97. The van der Waals surface area contributed by atoms with E-state index in [1.807, 2.05) is 17.8 Å². The molecule has 0 aliphatic carbocycles. The van der Waals surface area contributed by atoms with Crippen molar-refractivity contribution < 1.29 is 4.39 Å². The van der Waals surface area contributed by atoms with Crippen LogP contribution in [-0.4, -0.2) is 11.8 Å². The van der Waals surface area contributed by atoms with Crippen molar-refractivity contribution in [2.75, 3.05) is 5.75 Å². The fraction of sp³-hybridized carbons (Fsp3) is 0.455. The van der Waals surface area contributed by atoms with E-state index >= 15 is 0 Å². The van der Waals surface area contributed by atoms with E-state index < -0.39 is 0 Å². The van der Waals surface area contributed by atoms with Crippen molar-refractivity contribution in [3.05, 3.63) is 35.6 Å². The van der Waals surface area contributed by atoms with Gasteiger partial charge in [0.25, 0.3) is 0 Å². The number of benzene rings is 1. The van der Waals surface area contributed by atoms with Gasteiger partial charge in [0.2, 0.25) is 0 Å². The highest BCUT2D eigenvalue weighted by molar-refractivity contribution is 7.99. The molecule has 1 heterocycles. The summed E-state index contributed by atoms with van der Waals surface area (Å²) in [6.07, 6.45) is 1.14. The number of hydrogen-bond acceptors (Lipinski definition) is 2. The van der Waals surface area contributed by atoms with Gasteiger partial charge in [0, 0.05) is 11.8 Å². The quantitative estimate of drug-likeness (QED) is 0.807. The molecular weight excluding hydrogens is 197 g/mol. The molecule has 3 heteroatoms. The highest BCUT2D eigenvalue weighted by Gasteiger charge is 2.23. The van der Waals surface area contributed by atoms with Crippen LogP contribution in [0, 0.1) is 5.82 Å². The lowest BCUT2D eigenvalue weighted by molar-refractivity contribution is 0.558. The van der Waals surface area contributed by atoms with E-state index in [1.54, 1.807) is 12.1 Å². The Balaban J connectivity index is 2.09. The van der Waals surface area contributed by atoms with Crippen molar-refractivity contribution in [2.45, 2.75) is 24.8 Å². The minimum Gasteiger partial charge on any atom is -0.298 e. The number of nitrogens with one attached hydrogen (secondary N) is 1. The number of halogens is 1. The first-order chi connectivity index (χ1) is 6.79. The lowest BCUT2D eigenvalue weighted by atomic mass is 10.2. The SMILES string of the molecule is CCC1CSC(c2cccc(F)c2)N1. The third-order valence-corrected chi connectivity index (χ3v) is 3.83. The number of hydrogen-bond donors (Lipinski definition) is 1. The third kappa shape index (κ3) is 2.10. The fourth-order valence-corrected chi connectivity index (χ4v) is 3.00. The minimum absolute atomic E-state index is 0.148. The average Bonchev–Trinajstić information content (AvgIpc) is 2.66. The van der Waals surface area contributed by atoms with Gasteiger partial charge < -0.3 is 0 Å². The van der Waals surface area contributed by atoms with Gasteiger partial charge in [-0.1, -0.05) is 19.1 Å². The van der Waals surface area contributed by atoms with Crippen molar-refractivity contribution in [3.63, 3.8) is 0 Å². The molecular formula is C11H14FNS. The van der Waals surface area contributed by atoms with Gasteiger partial charge in [-0.15, -0.1) is 11.8 Å². The molecule has 2 rings (SSSR count). The summed E-state index contributed by atoms with van der Waals surface area (Å²) in [5.41, 5.74) is 1.05. The molecule has 1 aromatic carbocycles. The van der Waals surface area contributed by atoms with E-state index in [-0.39, 0.29) is 11.2 Å². The van der Waals surface area contributed by atoms with E-state index in [4.69, 9.17) is 0 Å². The molecule has 0 radical (unpaired) electrons. The Kier molecular flexibility index (Phi) is 3.08. The minimum atomic E-state index is -0.148. The summed E-state index contributed by atoms with van der Waals surface area (Å²) < 4.78 is 13.0. The molecule has 1 N–H and O–H groups in total. The molecule has 2 unspecified atom stereocenters. The maximum absolute atomic E-state index is 13.0. The first-order valence-electron chi connectivity index (χ1n) is 4.92. The summed E-state index contributed by atoms with van der Waals surface area (Å²) in [5, 5.41) is 3.75. The van der Waals surface area contributed by atoms with Gasteiger partial charge in [0.05, 0.1) is 5.37 Å². The van der Waals surface area contributed by atoms with Crippen molar-refractivity contribution in [1.29, 1.82) is 0 Å². The molecule has 14 heavy (non-hydrogen) atoms. The van der Waals surface area contributed by atoms with Crippen LogP contribution in [0.25, 0.3) is 0 Å². The smallest absolute Gasteiger partial charge is 0.123 e. The lowest BCUT2D eigenvalue weighted by Crippen LogP contribution is -2.24. The van der Waals surface area contributed by atoms with E-state index in [0.717, 1.165) is 17.7 Å². The average molecular weight is 211 g/mol.